The number of pyridine rings is 2. The first-order valence-corrected chi connectivity index (χ1v) is 15.2. The van der Waals surface area contributed by atoms with E-state index >= 15 is 0 Å². The van der Waals surface area contributed by atoms with Crippen LogP contribution in [0.1, 0.15) is 75.6 Å². The lowest BCUT2D eigenvalue weighted by Gasteiger charge is -2.31. The summed E-state index contributed by atoms with van der Waals surface area (Å²) >= 11 is 0. The normalized spacial score (nSPS) is 21.8. The largest absolute Gasteiger partial charge is 0.381 e. The van der Waals surface area contributed by atoms with Crippen LogP contribution in [0, 0.1) is 29.6 Å². The van der Waals surface area contributed by atoms with Crippen LogP contribution in [0.2, 0.25) is 0 Å². The van der Waals surface area contributed by atoms with Crippen molar-refractivity contribution in [1.29, 1.82) is 5.26 Å². The third kappa shape index (κ3) is 7.88. The summed E-state index contributed by atoms with van der Waals surface area (Å²) in [5, 5.41) is 31.0. The fourth-order valence-corrected chi connectivity index (χ4v) is 5.97. The van der Waals surface area contributed by atoms with Gasteiger partial charge in [-0.25, -0.2) is 4.98 Å². The number of tetrazole rings is 1. The maximum Gasteiger partial charge on any atom is 0.202 e. The van der Waals surface area contributed by atoms with Crippen molar-refractivity contribution in [3.8, 4) is 17.3 Å². The van der Waals surface area contributed by atoms with Gasteiger partial charge < -0.3 is 20.1 Å². The lowest BCUT2D eigenvalue weighted by Crippen LogP contribution is -2.41. The highest BCUT2D eigenvalue weighted by molar-refractivity contribution is 5.65. The second-order valence-corrected chi connectivity index (χ2v) is 12.0. The number of rotatable bonds is 12. The Morgan fingerprint density at radius 2 is 2.00 bits per heavy atom. The molecule has 11 heteroatoms. The van der Waals surface area contributed by atoms with Gasteiger partial charge in [0.25, 0.3) is 0 Å². The van der Waals surface area contributed by atoms with Gasteiger partial charge in [-0.15, -0.1) is 10.2 Å². The summed E-state index contributed by atoms with van der Waals surface area (Å²) in [6.07, 6.45) is 8.93. The fraction of sp³-hybridized carbons (Fsp3) is 0.613. The number of nitrogens with zero attached hydrogens (tertiary/aromatic N) is 6. The van der Waals surface area contributed by atoms with Crippen molar-refractivity contribution in [2.24, 2.45) is 11.3 Å². The van der Waals surface area contributed by atoms with E-state index in [2.05, 4.69) is 63.3 Å². The molecule has 3 aromatic rings. The molecule has 1 aliphatic carbocycles. The van der Waals surface area contributed by atoms with Crippen LogP contribution < -0.4 is 10.6 Å². The highest BCUT2D eigenvalue weighted by Gasteiger charge is 2.32. The van der Waals surface area contributed by atoms with Crippen molar-refractivity contribution in [3.63, 3.8) is 0 Å². The summed E-state index contributed by atoms with van der Waals surface area (Å²) in [5.41, 5.74) is 3.88. The van der Waals surface area contributed by atoms with Gasteiger partial charge in [-0.2, -0.15) is 10.5 Å². The Hall–Kier alpha value is -3.46. The Kier molecular flexibility index (Phi) is 10.1. The van der Waals surface area contributed by atoms with Crippen molar-refractivity contribution in [2.45, 2.75) is 83.9 Å². The summed E-state index contributed by atoms with van der Waals surface area (Å²) in [5.74, 6) is 1.99. The number of anilines is 1. The van der Waals surface area contributed by atoms with Crippen LogP contribution in [0.3, 0.4) is 0 Å². The lowest BCUT2D eigenvalue weighted by atomic mass is 9.82. The zero-order valence-electron chi connectivity index (χ0n) is 25.0. The average molecular weight is 574 g/mol. The first-order chi connectivity index (χ1) is 20.4. The minimum absolute atomic E-state index is 0.183. The molecule has 0 amide bonds. The quantitative estimate of drug-likeness (QED) is 0.282. The summed E-state index contributed by atoms with van der Waals surface area (Å²) in [4.78, 5) is 9.70. The molecular formula is C31H43N9O2. The average Bonchev–Trinajstić information content (AvgIpc) is 3.57. The maximum absolute atomic E-state index is 9.79. The zero-order valence-corrected chi connectivity index (χ0v) is 25.0. The smallest absolute Gasteiger partial charge is 0.202 e. The van der Waals surface area contributed by atoms with E-state index in [9.17, 15) is 5.26 Å². The molecule has 4 heterocycles. The van der Waals surface area contributed by atoms with Gasteiger partial charge in [0.05, 0.1) is 23.8 Å². The Bertz CT molecular complexity index is 1310. The molecule has 0 bridgehead atoms. The number of aryl methyl sites for hydroxylation is 1. The number of aromatic nitrogens is 6. The van der Waals surface area contributed by atoms with Gasteiger partial charge in [-0.1, -0.05) is 11.3 Å². The standard InChI is InChI=1S/C31H43N9O2/c1-21-17-33-26(15-24-7-9-25(10-8-24)35-22(2)18-42-23(3)30-37-39-40-38-30)16-27(21)28-5-4-6-29(36-28)34-20-31(19-32)11-13-41-14-12-31/h4-6,16-17,22-25,35H,7-15,18,20H2,1-3H3,(H,34,36)(H,37,38,39,40)/t22-,23-,24?,25?/m0/s1. The monoisotopic (exact) mass is 573 g/mol. The third-order valence-electron chi connectivity index (χ3n) is 8.67. The molecule has 2 aliphatic rings. The molecule has 0 radical (unpaired) electrons. The number of nitriles is 1. The van der Waals surface area contributed by atoms with E-state index < -0.39 is 5.41 Å². The SMILES string of the molecule is Cc1cnc(CC2CCC(N[C@@H](C)CO[C@@H](C)c3nn[nH]n3)CC2)cc1-c1cccc(NCC2(C#N)CCOCC2)n1. The Morgan fingerprint density at radius 1 is 1.19 bits per heavy atom. The first-order valence-electron chi connectivity index (χ1n) is 15.2. The molecule has 0 spiro atoms. The summed E-state index contributed by atoms with van der Waals surface area (Å²) < 4.78 is 11.4. The molecule has 224 valence electrons. The van der Waals surface area contributed by atoms with Gasteiger partial charge in [0, 0.05) is 49.3 Å². The van der Waals surface area contributed by atoms with Crippen LogP contribution in [0.25, 0.3) is 11.3 Å². The van der Waals surface area contributed by atoms with E-state index in [1.54, 1.807) is 0 Å². The molecule has 0 aromatic carbocycles. The predicted molar refractivity (Wildman–Crippen MR) is 159 cm³/mol. The number of hydrogen-bond donors (Lipinski definition) is 3. The number of aromatic amines is 1. The molecule has 1 aliphatic heterocycles. The Labute approximate surface area is 248 Å². The highest BCUT2D eigenvalue weighted by atomic mass is 16.5. The molecule has 2 fully saturated rings. The van der Waals surface area contributed by atoms with E-state index in [1.165, 1.54) is 12.8 Å². The lowest BCUT2D eigenvalue weighted by molar-refractivity contribution is 0.0432. The Balaban J connectivity index is 1.11. The van der Waals surface area contributed by atoms with Crippen LogP contribution in [0.5, 0.6) is 0 Å². The second-order valence-electron chi connectivity index (χ2n) is 12.0. The minimum atomic E-state index is -0.398. The molecule has 2 atom stereocenters. The zero-order chi connectivity index (χ0) is 29.4. The first kappa shape index (κ1) is 30.0. The molecular weight excluding hydrogens is 530 g/mol. The van der Waals surface area contributed by atoms with Gasteiger partial charge in [0.2, 0.25) is 5.82 Å². The van der Waals surface area contributed by atoms with Crippen LogP contribution in [0.15, 0.2) is 30.5 Å². The fourth-order valence-electron chi connectivity index (χ4n) is 5.97. The van der Waals surface area contributed by atoms with Crippen molar-refractivity contribution in [3.05, 3.63) is 47.5 Å². The molecule has 3 N–H and O–H groups in total. The summed E-state index contributed by atoms with van der Waals surface area (Å²) in [6, 6.07) is 11.5. The van der Waals surface area contributed by atoms with Crippen LogP contribution in [-0.2, 0) is 15.9 Å². The molecule has 3 aromatic heterocycles. The van der Waals surface area contributed by atoms with Gasteiger partial charge in [-0.3, -0.25) is 4.98 Å². The van der Waals surface area contributed by atoms with Crippen molar-refractivity contribution in [2.75, 3.05) is 31.7 Å². The number of H-pyrrole nitrogens is 1. The van der Waals surface area contributed by atoms with E-state index in [0.29, 0.717) is 44.1 Å². The van der Waals surface area contributed by atoms with Gasteiger partial charge in [0.15, 0.2) is 0 Å². The molecule has 1 saturated carbocycles. The molecule has 0 unspecified atom stereocenters. The van der Waals surface area contributed by atoms with Gasteiger partial charge in [0.1, 0.15) is 11.9 Å². The number of ether oxygens (including phenoxy) is 2. The van der Waals surface area contributed by atoms with E-state index in [4.69, 9.17) is 19.4 Å². The van der Waals surface area contributed by atoms with Crippen LogP contribution in [0.4, 0.5) is 5.82 Å². The second kappa shape index (κ2) is 14.1. The molecule has 11 nitrogen and oxygen atoms in total. The van der Waals surface area contributed by atoms with E-state index in [0.717, 1.165) is 60.4 Å². The number of hydrogen-bond acceptors (Lipinski definition) is 10. The predicted octanol–water partition coefficient (Wildman–Crippen LogP) is 4.55. The highest BCUT2D eigenvalue weighted by Crippen LogP contribution is 2.31. The summed E-state index contributed by atoms with van der Waals surface area (Å²) in [7, 11) is 0. The number of nitrogens with one attached hydrogen (secondary N) is 3. The molecule has 5 rings (SSSR count). The van der Waals surface area contributed by atoms with Crippen LogP contribution >= 0.6 is 0 Å². The molecule has 42 heavy (non-hydrogen) atoms. The van der Waals surface area contributed by atoms with Crippen molar-refractivity contribution < 1.29 is 9.47 Å². The third-order valence-corrected chi connectivity index (χ3v) is 8.67. The van der Waals surface area contributed by atoms with E-state index in [-0.39, 0.29) is 12.1 Å². The Morgan fingerprint density at radius 3 is 2.74 bits per heavy atom. The van der Waals surface area contributed by atoms with Crippen molar-refractivity contribution >= 4 is 5.82 Å². The van der Waals surface area contributed by atoms with E-state index in [1.807, 2.05) is 25.3 Å². The summed E-state index contributed by atoms with van der Waals surface area (Å²) in [6.45, 7) is 8.64. The van der Waals surface area contributed by atoms with Gasteiger partial charge >= 0.3 is 0 Å². The molecule has 1 saturated heterocycles. The van der Waals surface area contributed by atoms with Gasteiger partial charge in [-0.05, 0) is 95.4 Å². The maximum atomic E-state index is 9.79. The topological polar surface area (TPSA) is 147 Å². The van der Waals surface area contributed by atoms with Crippen molar-refractivity contribution in [1.82, 2.24) is 35.9 Å². The van der Waals surface area contributed by atoms with Crippen LogP contribution in [-0.4, -0.2) is 69.0 Å². The minimum Gasteiger partial charge on any atom is -0.381 e.